The van der Waals surface area contributed by atoms with E-state index < -0.39 is 5.97 Å². The quantitative estimate of drug-likeness (QED) is 0.550. The second-order valence-electron chi connectivity index (χ2n) is 6.84. The van der Waals surface area contributed by atoms with Crippen molar-refractivity contribution in [1.82, 2.24) is 0 Å². The highest BCUT2D eigenvalue weighted by atomic mass is 16.5. The number of ether oxygens (including phenoxy) is 2. The largest absolute Gasteiger partial charge is 0.457 e. The van der Waals surface area contributed by atoms with Crippen molar-refractivity contribution in [1.29, 1.82) is 0 Å². The number of carbonyl (C=O) groups excluding carboxylic acids is 2. The first-order valence-corrected chi connectivity index (χ1v) is 9.41. The number of nitrogens with one attached hydrogen (secondary N) is 1. The van der Waals surface area contributed by atoms with Gasteiger partial charge in [-0.15, -0.1) is 0 Å². The van der Waals surface area contributed by atoms with E-state index in [1.807, 2.05) is 54.6 Å². The molecule has 0 aromatic heterocycles. The van der Waals surface area contributed by atoms with E-state index in [2.05, 4.69) is 19.2 Å². The standard InChI is InChI=1S/C24H23NO4/c1-17(2)18-8-12-20(13-9-18)25-23(26)16-28-24(27)19-10-14-22(15-11-19)29-21-6-4-3-5-7-21/h3-15,17H,16H2,1-2H3,(H,25,26). The molecule has 3 aromatic carbocycles. The molecule has 0 saturated carbocycles. The Balaban J connectivity index is 1.49. The molecule has 0 bridgehead atoms. The van der Waals surface area contributed by atoms with Crippen molar-refractivity contribution in [2.24, 2.45) is 0 Å². The van der Waals surface area contributed by atoms with Crippen LogP contribution in [0.1, 0.15) is 35.7 Å². The molecule has 0 aliphatic carbocycles. The van der Waals surface area contributed by atoms with Gasteiger partial charge in [0.2, 0.25) is 0 Å². The van der Waals surface area contributed by atoms with Crippen LogP contribution in [0.5, 0.6) is 11.5 Å². The van der Waals surface area contributed by atoms with E-state index in [1.165, 1.54) is 5.56 Å². The van der Waals surface area contributed by atoms with Crippen LogP contribution >= 0.6 is 0 Å². The number of benzene rings is 3. The minimum Gasteiger partial charge on any atom is -0.457 e. The molecule has 0 saturated heterocycles. The highest BCUT2D eigenvalue weighted by Crippen LogP contribution is 2.21. The van der Waals surface area contributed by atoms with Gasteiger partial charge in [-0.25, -0.2) is 4.79 Å². The van der Waals surface area contributed by atoms with Crippen LogP contribution in [0.3, 0.4) is 0 Å². The average Bonchev–Trinajstić information content (AvgIpc) is 2.74. The van der Waals surface area contributed by atoms with Crippen LogP contribution in [-0.4, -0.2) is 18.5 Å². The number of esters is 1. The lowest BCUT2D eigenvalue weighted by Crippen LogP contribution is -2.20. The Morgan fingerprint density at radius 2 is 1.45 bits per heavy atom. The molecule has 0 heterocycles. The monoisotopic (exact) mass is 389 g/mol. The maximum Gasteiger partial charge on any atom is 0.338 e. The third-order valence-electron chi connectivity index (χ3n) is 4.26. The zero-order valence-electron chi connectivity index (χ0n) is 16.4. The Morgan fingerprint density at radius 1 is 0.828 bits per heavy atom. The van der Waals surface area contributed by atoms with Gasteiger partial charge < -0.3 is 14.8 Å². The van der Waals surface area contributed by atoms with Crippen LogP contribution in [0.15, 0.2) is 78.9 Å². The SMILES string of the molecule is CC(C)c1ccc(NC(=O)COC(=O)c2ccc(Oc3ccccc3)cc2)cc1. The number of hydrogen-bond acceptors (Lipinski definition) is 4. The molecule has 148 valence electrons. The van der Waals surface area contributed by atoms with E-state index in [9.17, 15) is 9.59 Å². The molecule has 1 N–H and O–H groups in total. The summed E-state index contributed by atoms with van der Waals surface area (Å²) in [5.41, 5.74) is 2.20. The summed E-state index contributed by atoms with van der Waals surface area (Å²) in [6.45, 7) is 3.85. The molecule has 0 atom stereocenters. The summed E-state index contributed by atoms with van der Waals surface area (Å²) >= 11 is 0. The first-order chi connectivity index (χ1) is 14.0. The van der Waals surface area contributed by atoms with E-state index in [0.29, 0.717) is 28.7 Å². The second kappa shape index (κ2) is 9.55. The molecule has 29 heavy (non-hydrogen) atoms. The van der Waals surface area contributed by atoms with Crippen molar-refractivity contribution in [2.45, 2.75) is 19.8 Å². The van der Waals surface area contributed by atoms with E-state index in [4.69, 9.17) is 9.47 Å². The summed E-state index contributed by atoms with van der Waals surface area (Å²) in [5, 5.41) is 2.72. The zero-order chi connectivity index (χ0) is 20.6. The predicted molar refractivity (Wildman–Crippen MR) is 112 cm³/mol. The van der Waals surface area contributed by atoms with Crippen molar-refractivity contribution in [2.75, 3.05) is 11.9 Å². The molecule has 0 fully saturated rings. The molecule has 0 spiro atoms. The summed E-state index contributed by atoms with van der Waals surface area (Å²) < 4.78 is 10.8. The number of amides is 1. The molecular weight excluding hydrogens is 366 g/mol. The molecule has 3 rings (SSSR count). The minimum atomic E-state index is -0.568. The number of rotatable bonds is 7. The zero-order valence-corrected chi connectivity index (χ0v) is 16.4. The number of carbonyl (C=O) groups is 2. The molecular formula is C24H23NO4. The van der Waals surface area contributed by atoms with E-state index in [-0.39, 0.29) is 12.5 Å². The number of para-hydroxylation sites is 1. The highest BCUT2D eigenvalue weighted by molar-refractivity contribution is 5.95. The molecule has 0 unspecified atom stereocenters. The Hall–Kier alpha value is -3.60. The first kappa shape index (κ1) is 20.1. The van der Waals surface area contributed by atoms with Gasteiger partial charge in [-0.1, -0.05) is 44.2 Å². The molecule has 1 amide bonds. The van der Waals surface area contributed by atoms with E-state index in [1.54, 1.807) is 24.3 Å². The van der Waals surface area contributed by atoms with Crippen molar-refractivity contribution in [3.8, 4) is 11.5 Å². The fourth-order valence-electron chi connectivity index (χ4n) is 2.65. The molecule has 0 radical (unpaired) electrons. The first-order valence-electron chi connectivity index (χ1n) is 9.41. The lowest BCUT2D eigenvalue weighted by molar-refractivity contribution is -0.119. The average molecular weight is 389 g/mol. The number of anilines is 1. The van der Waals surface area contributed by atoms with Crippen LogP contribution in [0.4, 0.5) is 5.69 Å². The van der Waals surface area contributed by atoms with E-state index >= 15 is 0 Å². The third kappa shape index (κ3) is 5.94. The fourth-order valence-corrected chi connectivity index (χ4v) is 2.65. The lowest BCUT2D eigenvalue weighted by atomic mass is 10.0. The Kier molecular flexibility index (Phi) is 6.63. The highest BCUT2D eigenvalue weighted by Gasteiger charge is 2.11. The van der Waals surface area contributed by atoms with Gasteiger partial charge in [0.25, 0.3) is 5.91 Å². The molecule has 5 heteroatoms. The summed E-state index contributed by atoms with van der Waals surface area (Å²) in [6.07, 6.45) is 0. The van der Waals surface area contributed by atoms with Gasteiger partial charge >= 0.3 is 5.97 Å². The Bertz CT molecular complexity index is 948. The van der Waals surface area contributed by atoms with Gasteiger partial charge in [0.1, 0.15) is 11.5 Å². The third-order valence-corrected chi connectivity index (χ3v) is 4.26. The van der Waals surface area contributed by atoms with Crippen molar-refractivity contribution >= 4 is 17.6 Å². The maximum absolute atomic E-state index is 12.1. The predicted octanol–water partition coefficient (Wildman–Crippen LogP) is 5.40. The van der Waals surface area contributed by atoms with E-state index in [0.717, 1.165) is 0 Å². The number of hydrogen-bond donors (Lipinski definition) is 1. The Morgan fingerprint density at radius 3 is 2.07 bits per heavy atom. The lowest BCUT2D eigenvalue weighted by Gasteiger charge is -2.09. The van der Waals surface area contributed by atoms with Crippen LogP contribution < -0.4 is 10.1 Å². The van der Waals surface area contributed by atoms with Crippen LogP contribution in [0.25, 0.3) is 0 Å². The molecule has 5 nitrogen and oxygen atoms in total. The van der Waals surface area contributed by atoms with Gasteiger partial charge in [-0.05, 0) is 60.0 Å². The van der Waals surface area contributed by atoms with Gasteiger partial charge in [0.05, 0.1) is 5.56 Å². The smallest absolute Gasteiger partial charge is 0.338 e. The van der Waals surface area contributed by atoms with Gasteiger partial charge in [0.15, 0.2) is 6.61 Å². The maximum atomic E-state index is 12.1. The summed E-state index contributed by atoms with van der Waals surface area (Å²) in [6, 6.07) is 23.5. The molecule has 3 aromatic rings. The fraction of sp³-hybridized carbons (Fsp3) is 0.167. The van der Waals surface area contributed by atoms with Gasteiger partial charge in [-0.2, -0.15) is 0 Å². The van der Waals surface area contributed by atoms with Crippen molar-refractivity contribution < 1.29 is 19.1 Å². The van der Waals surface area contributed by atoms with Crippen molar-refractivity contribution in [3.63, 3.8) is 0 Å². The van der Waals surface area contributed by atoms with Gasteiger partial charge in [0, 0.05) is 5.69 Å². The van der Waals surface area contributed by atoms with Gasteiger partial charge in [-0.3, -0.25) is 4.79 Å². The summed E-state index contributed by atoms with van der Waals surface area (Å²) in [4.78, 5) is 24.2. The molecule has 0 aliphatic rings. The Labute approximate surface area is 170 Å². The van der Waals surface area contributed by atoms with Crippen LogP contribution in [0, 0.1) is 0 Å². The topological polar surface area (TPSA) is 64.6 Å². The van der Waals surface area contributed by atoms with Crippen molar-refractivity contribution in [3.05, 3.63) is 90.0 Å². The minimum absolute atomic E-state index is 0.347. The van der Waals surface area contributed by atoms with Crippen LogP contribution in [-0.2, 0) is 9.53 Å². The molecule has 0 aliphatic heterocycles. The summed E-state index contributed by atoms with van der Waals surface area (Å²) in [7, 11) is 0. The second-order valence-corrected chi connectivity index (χ2v) is 6.84. The summed E-state index contributed by atoms with van der Waals surface area (Å²) in [5.74, 6) is 0.780. The van der Waals surface area contributed by atoms with Crippen LogP contribution in [0.2, 0.25) is 0 Å². The normalized spacial score (nSPS) is 10.4.